The minimum absolute atomic E-state index is 0.276. The maximum Gasteiger partial charge on any atom is 0.338 e. The van der Waals surface area contributed by atoms with E-state index in [0.29, 0.717) is 17.5 Å². The number of rotatable bonds is 4. The van der Waals surface area contributed by atoms with Crippen molar-refractivity contribution >= 4 is 17.3 Å². The molecule has 5 rings (SSSR count). The molecule has 0 unspecified atom stereocenters. The van der Waals surface area contributed by atoms with Crippen LogP contribution in [-0.2, 0) is 15.9 Å². The van der Waals surface area contributed by atoms with Gasteiger partial charge in [-0.25, -0.2) is 9.18 Å². The van der Waals surface area contributed by atoms with Crippen molar-refractivity contribution in [3.8, 4) is 10.4 Å². The van der Waals surface area contributed by atoms with Gasteiger partial charge in [-0.2, -0.15) is 0 Å². The quantitative estimate of drug-likeness (QED) is 0.523. The summed E-state index contributed by atoms with van der Waals surface area (Å²) in [6, 6.07) is 15.7. The number of esters is 1. The summed E-state index contributed by atoms with van der Waals surface area (Å²) in [7, 11) is 0. The van der Waals surface area contributed by atoms with Crippen LogP contribution in [0, 0.1) is 5.82 Å². The van der Waals surface area contributed by atoms with Gasteiger partial charge in [0.2, 0.25) is 0 Å². The molecule has 3 N–H and O–H groups in total. The predicted molar refractivity (Wildman–Crippen MR) is 115 cm³/mol. The van der Waals surface area contributed by atoms with Crippen LogP contribution < -0.4 is 0 Å². The van der Waals surface area contributed by atoms with Gasteiger partial charge in [-0.3, -0.25) is 0 Å². The molecular formula is C24H21FO6S. The molecule has 2 aliphatic heterocycles. The van der Waals surface area contributed by atoms with Crippen molar-refractivity contribution in [1.29, 1.82) is 0 Å². The SMILES string of the molecule is O=C1O[C@@H]2[C@@H](O)[C@H](O)[C@@H](CO)O[C@H]2c2cc(Cc3ccc(-c4ccc(F)cc4)s3)ccc21. The Morgan fingerprint density at radius 3 is 2.53 bits per heavy atom. The molecule has 2 aliphatic rings. The molecule has 1 saturated heterocycles. The first-order chi connectivity index (χ1) is 15.4. The largest absolute Gasteiger partial charge is 0.453 e. The maximum atomic E-state index is 13.2. The van der Waals surface area contributed by atoms with Gasteiger partial charge in [0.05, 0.1) is 12.2 Å². The van der Waals surface area contributed by atoms with Crippen molar-refractivity contribution in [3.05, 3.63) is 82.0 Å². The van der Waals surface area contributed by atoms with Crippen LogP contribution in [0.1, 0.15) is 32.5 Å². The average molecular weight is 456 g/mol. The van der Waals surface area contributed by atoms with Crippen molar-refractivity contribution < 1.29 is 34.0 Å². The first kappa shape index (κ1) is 21.2. The summed E-state index contributed by atoms with van der Waals surface area (Å²) < 4.78 is 24.3. The van der Waals surface area contributed by atoms with E-state index in [4.69, 9.17) is 9.47 Å². The predicted octanol–water partition coefficient (Wildman–Crippen LogP) is 2.84. The number of benzene rings is 2. The van der Waals surface area contributed by atoms with E-state index in [1.165, 1.54) is 12.1 Å². The topological polar surface area (TPSA) is 96.2 Å². The molecule has 0 bridgehead atoms. The first-order valence-electron chi connectivity index (χ1n) is 10.3. The summed E-state index contributed by atoms with van der Waals surface area (Å²) in [6.45, 7) is -0.466. The third-order valence-electron chi connectivity index (χ3n) is 5.92. The Labute approximate surface area is 187 Å². The molecule has 6 nitrogen and oxygen atoms in total. The zero-order valence-corrected chi connectivity index (χ0v) is 17.7. The van der Waals surface area contributed by atoms with Gasteiger partial charge in [0.25, 0.3) is 0 Å². The summed E-state index contributed by atoms with van der Waals surface area (Å²) in [5.74, 6) is -0.859. The zero-order valence-electron chi connectivity index (χ0n) is 16.8. The van der Waals surface area contributed by atoms with E-state index in [1.54, 1.807) is 29.5 Å². The Morgan fingerprint density at radius 2 is 1.78 bits per heavy atom. The lowest BCUT2D eigenvalue weighted by molar-refractivity contribution is -0.234. The van der Waals surface area contributed by atoms with E-state index in [-0.39, 0.29) is 5.82 Å². The van der Waals surface area contributed by atoms with Crippen molar-refractivity contribution in [3.63, 3.8) is 0 Å². The number of carbonyl (C=O) groups excluding carboxylic acids is 1. The number of thiophene rings is 1. The van der Waals surface area contributed by atoms with Crippen LogP contribution >= 0.6 is 11.3 Å². The number of ether oxygens (including phenoxy) is 2. The minimum Gasteiger partial charge on any atom is -0.453 e. The molecule has 5 atom stereocenters. The fraction of sp³-hybridized carbons (Fsp3) is 0.292. The van der Waals surface area contributed by atoms with Crippen LogP contribution in [0.15, 0.2) is 54.6 Å². The molecule has 3 aromatic rings. The van der Waals surface area contributed by atoms with Crippen LogP contribution in [-0.4, -0.2) is 52.3 Å². The summed E-state index contributed by atoms with van der Waals surface area (Å²) in [6.07, 6.45) is -4.90. The number of hydrogen-bond acceptors (Lipinski definition) is 7. The molecule has 2 aromatic carbocycles. The van der Waals surface area contributed by atoms with Crippen molar-refractivity contribution in [1.82, 2.24) is 0 Å². The van der Waals surface area contributed by atoms with E-state index in [9.17, 15) is 24.5 Å². The second-order valence-electron chi connectivity index (χ2n) is 8.00. The lowest BCUT2D eigenvalue weighted by Crippen LogP contribution is -2.58. The number of halogens is 1. The third-order valence-corrected chi connectivity index (χ3v) is 7.06. The van der Waals surface area contributed by atoms with E-state index >= 15 is 0 Å². The van der Waals surface area contributed by atoms with Gasteiger partial charge in [-0.1, -0.05) is 24.3 Å². The average Bonchev–Trinajstić information content (AvgIpc) is 3.25. The highest BCUT2D eigenvalue weighted by Crippen LogP contribution is 2.40. The van der Waals surface area contributed by atoms with E-state index in [1.807, 2.05) is 24.3 Å². The van der Waals surface area contributed by atoms with E-state index < -0.39 is 43.1 Å². The highest BCUT2D eigenvalue weighted by atomic mass is 32.1. The van der Waals surface area contributed by atoms with Crippen molar-refractivity contribution in [2.75, 3.05) is 6.61 Å². The molecule has 8 heteroatoms. The van der Waals surface area contributed by atoms with Crippen LogP contribution in [0.3, 0.4) is 0 Å². The minimum atomic E-state index is -1.36. The van der Waals surface area contributed by atoms with Gasteiger partial charge < -0.3 is 24.8 Å². The monoisotopic (exact) mass is 456 g/mol. The Bertz CT molecular complexity index is 1140. The number of fused-ring (bicyclic) bond motifs is 3. The number of carbonyl (C=O) groups is 1. The lowest BCUT2D eigenvalue weighted by atomic mass is 9.86. The Morgan fingerprint density at radius 1 is 1.00 bits per heavy atom. The second kappa shape index (κ2) is 8.38. The molecule has 0 spiro atoms. The fourth-order valence-electron chi connectivity index (χ4n) is 4.25. The number of aliphatic hydroxyl groups excluding tert-OH is 3. The summed E-state index contributed by atoms with van der Waals surface area (Å²) >= 11 is 1.60. The molecule has 1 fully saturated rings. The highest BCUT2D eigenvalue weighted by Gasteiger charge is 2.50. The van der Waals surface area contributed by atoms with Gasteiger partial charge in [-0.05, 0) is 47.0 Å². The molecule has 0 radical (unpaired) electrons. The van der Waals surface area contributed by atoms with Gasteiger partial charge >= 0.3 is 5.97 Å². The molecule has 0 saturated carbocycles. The summed E-state index contributed by atoms with van der Waals surface area (Å²) in [4.78, 5) is 14.6. The van der Waals surface area contributed by atoms with Gasteiger partial charge in [0.1, 0.15) is 30.2 Å². The van der Waals surface area contributed by atoms with Gasteiger partial charge in [-0.15, -0.1) is 11.3 Å². The smallest absolute Gasteiger partial charge is 0.338 e. The first-order valence-corrected chi connectivity index (χ1v) is 11.1. The maximum absolute atomic E-state index is 13.2. The van der Waals surface area contributed by atoms with Crippen LogP contribution in [0.4, 0.5) is 4.39 Å². The van der Waals surface area contributed by atoms with E-state index in [0.717, 1.165) is 20.9 Å². The third kappa shape index (κ3) is 3.74. The van der Waals surface area contributed by atoms with Crippen LogP contribution in [0.2, 0.25) is 0 Å². The summed E-state index contributed by atoms with van der Waals surface area (Å²) in [5, 5.41) is 30.0. The molecule has 1 aromatic heterocycles. The van der Waals surface area contributed by atoms with E-state index in [2.05, 4.69) is 0 Å². The van der Waals surface area contributed by atoms with Crippen LogP contribution in [0.25, 0.3) is 10.4 Å². The zero-order chi connectivity index (χ0) is 22.4. The Balaban J connectivity index is 1.42. The van der Waals surface area contributed by atoms with Crippen LogP contribution in [0.5, 0.6) is 0 Å². The normalized spacial score (nSPS) is 26.9. The van der Waals surface area contributed by atoms with Crippen molar-refractivity contribution in [2.24, 2.45) is 0 Å². The summed E-state index contributed by atoms with van der Waals surface area (Å²) in [5.41, 5.74) is 2.79. The molecule has 3 heterocycles. The molecular weight excluding hydrogens is 435 g/mol. The standard InChI is InChI=1S/C24H21FO6S/c25-14-4-2-13(3-5-14)19-8-6-15(32-19)9-12-1-7-16-17(10-12)22-23(31-24(16)29)21(28)20(27)18(11-26)30-22/h1-8,10,18,20-23,26-28H,9,11H2/t18-,20-,21+,22+,23-/m1/s1. The fourth-order valence-corrected chi connectivity index (χ4v) is 5.29. The number of hydrogen-bond donors (Lipinski definition) is 3. The van der Waals surface area contributed by atoms with Gasteiger partial charge in [0, 0.05) is 16.2 Å². The lowest BCUT2D eigenvalue weighted by Gasteiger charge is -2.44. The Kier molecular flexibility index (Phi) is 5.56. The molecule has 166 valence electrons. The Hall–Kier alpha value is -2.62. The molecule has 32 heavy (non-hydrogen) atoms. The molecule has 0 amide bonds. The second-order valence-corrected chi connectivity index (χ2v) is 9.17. The highest BCUT2D eigenvalue weighted by molar-refractivity contribution is 7.15. The molecule has 0 aliphatic carbocycles. The van der Waals surface area contributed by atoms with Crippen molar-refractivity contribution in [2.45, 2.75) is 36.9 Å². The number of aliphatic hydroxyl groups is 3. The van der Waals surface area contributed by atoms with Gasteiger partial charge in [0.15, 0.2) is 6.10 Å².